The quantitative estimate of drug-likeness (QED) is 0.663. The number of allylic oxidation sites excluding steroid dienone is 2. The van der Waals surface area contributed by atoms with Crippen LogP contribution in [0.1, 0.15) is 54.6 Å². The predicted molar refractivity (Wildman–Crippen MR) is 130 cm³/mol. The average molecular weight is 468 g/mol. The zero-order valence-corrected chi connectivity index (χ0v) is 20.2. The van der Waals surface area contributed by atoms with Crippen LogP contribution >= 0.6 is 0 Å². The molecule has 1 N–H and O–H groups in total. The van der Waals surface area contributed by atoms with E-state index in [0.717, 1.165) is 30.4 Å². The topological polar surface area (TPSA) is 65.9 Å². The highest BCUT2D eigenvalue weighted by Crippen LogP contribution is 2.32. The van der Waals surface area contributed by atoms with Crippen molar-refractivity contribution in [3.8, 4) is 5.88 Å². The summed E-state index contributed by atoms with van der Waals surface area (Å²) in [5, 5.41) is 9.84. The molecule has 1 aromatic carbocycles. The molecule has 6 nitrogen and oxygen atoms in total. The summed E-state index contributed by atoms with van der Waals surface area (Å²) in [4.78, 5) is 22.0. The van der Waals surface area contributed by atoms with Crippen LogP contribution in [0.25, 0.3) is 5.57 Å². The van der Waals surface area contributed by atoms with Gasteiger partial charge in [0.1, 0.15) is 17.5 Å². The normalized spacial score (nSPS) is 21.5. The maximum absolute atomic E-state index is 13.5. The minimum atomic E-state index is -0.312. The molecule has 2 aromatic rings. The second kappa shape index (κ2) is 10.7. The van der Waals surface area contributed by atoms with Gasteiger partial charge in [0.05, 0.1) is 12.6 Å². The van der Waals surface area contributed by atoms with Gasteiger partial charge in [0, 0.05) is 31.7 Å². The van der Waals surface area contributed by atoms with Gasteiger partial charge in [0.25, 0.3) is 5.91 Å². The molecule has 0 unspecified atom stereocenters. The monoisotopic (exact) mass is 467 g/mol. The highest BCUT2D eigenvalue weighted by molar-refractivity contribution is 5.97. The predicted octanol–water partition coefficient (Wildman–Crippen LogP) is 4.14. The number of amides is 1. The van der Waals surface area contributed by atoms with Gasteiger partial charge < -0.3 is 14.7 Å². The number of hydrogen-bond donors (Lipinski definition) is 1. The minimum Gasteiger partial charge on any atom is -0.472 e. The van der Waals surface area contributed by atoms with Crippen LogP contribution in [0.2, 0.25) is 0 Å². The number of ether oxygens (including phenoxy) is 1. The maximum Gasteiger partial charge on any atom is 0.259 e. The number of aliphatic hydroxyl groups is 1. The summed E-state index contributed by atoms with van der Waals surface area (Å²) in [6, 6.07) is 8.09. The van der Waals surface area contributed by atoms with Crippen molar-refractivity contribution in [3.63, 3.8) is 0 Å². The molecule has 1 aliphatic heterocycles. The van der Waals surface area contributed by atoms with E-state index >= 15 is 0 Å². The molecule has 182 valence electrons. The first-order valence-electron chi connectivity index (χ1n) is 12.1. The number of likely N-dealkylation sites (N-methyl/N-ethyl adjacent to an activating group) is 1. The van der Waals surface area contributed by atoms with Crippen molar-refractivity contribution in [1.29, 1.82) is 0 Å². The summed E-state index contributed by atoms with van der Waals surface area (Å²) in [7, 11) is 2.00. The zero-order valence-electron chi connectivity index (χ0n) is 20.2. The first-order chi connectivity index (χ1) is 16.4. The van der Waals surface area contributed by atoms with E-state index in [9.17, 15) is 14.3 Å². The van der Waals surface area contributed by atoms with Crippen LogP contribution in [-0.2, 0) is 6.54 Å². The van der Waals surface area contributed by atoms with E-state index < -0.39 is 0 Å². The third-order valence-electron chi connectivity index (χ3n) is 6.79. The third-order valence-corrected chi connectivity index (χ3v) is 6.79. The van der Waals surface area contributed by atoms with Crippen molar-refractivity contribution in [1.82, 2.24) is 14.8 Å². The summed E-state index contributed by atoms with van der Waals surface area (Å²) >= 11 is 0. The van der Waals surface area contributed by atoms with Gasteiger partial charge in [-0.1, -0.05) is 25.1 Å². The number of aromatic nitrogens is 1. The minimum absolute atomic E-state index is 0.0146. The molecule has 2 heterocycles. The van der Waals surface area contributed by atoms with Crippen LogP contribution in [0, 0.1) is 11.7 Å². The lowest BCUT2D eigenvalue weighted by Gasteiger charge is -2.37. The third kappa shape index (κ3) is 5.47. The lowest BCUT2D eigenvalue weighted by molar-refractivity contribution is 0.0325. The van der Waals surface area contributed by atoms with Crippen LogP contribution < -0.4 is 4.74 Å². The highest BCUT2D eigenvalue weighted by Gasteiger charge is 2.34. The largest absolute Gasteiger partial charge is 0.472 e. The molecule has 1 aromatic heterocycles. The maximum atomic E-state index is 13.5. The molecule has 7 heteroatoms. The molecule has 0 radical (unpaired) electrons. The fourth-order valence-electron chi connectivity index (χ4n) is 4.70. The van der Waals surface area contributed by atoms with Gasteiger partial charge in [0.15, 0.2) is 0 Å². The Balaban J connectivity index is 1.61. The number of nitrogens with zero attached hydrogens (tertiary/aromatic N) is 3. The fourth-order valence-corrected chi connectivity index (χ4v) is 4.70. The molecular weight excluding hydrogens is 433 g/mol. The van der Waals surface area contributed by atoms with Gasteiger partial charge in [-0.3, -0.25) is 9.69 Å². The Morgan fingerprint density at radius 1 is 1.32 bits per heavy atom. The van der Waals surface area contributed by atoms with Crippen molar-refractivity contribution in [2.75, 3.05) is 26.7 Å². The molecule has 3 atom stereocenters. The summed E-state index contributed by atoms with van der Waals surface area (Å²) in [5.41, 5.74) is 3.64. The lowest BCUT2D eigenvalue weighted by atomic mass is 9.99. The van der Waals surface area contributed by atoms with Crippen molar-refractivity contribution in [2.24, 2.45) is 5.92 Å². The van der Waals surface area contributed by atoms with Crippen molar-refractivity contribution in [3.05, 3.63) is 65.1 Å². The number of aliphatic hydroxyl groups excluding tert-OH is 1. The molecule has 2 aliphatic rings. The van der Waals surface area contributed by atoms with Gasteiger partial charge in [0.2, 0.25) is 5.88 Å². The van der Waals surface area contributed by atoms with Gasteiger partial charge in [-0.25, -0.2) is 9.37 Å². The summed E-state index contributed by atoms with van der Waals surface area (Å²) in [6.45, 7) is 5.55. The first kappa shape index (κ1) is 24.4. The van der Waals surface area contributed by atoms with E-state index in [-0.39, 0.29) is 36.4 Å². The highest BCUT2D eigenvalue weighted by atomic mass is 19.1. The van der Waals surface area contributed by atoms with E-state index in [1.165, 1.54) is 17.7 Å². The summed E-state index contributed by atoms with van der Waals surface area (Å²) in [5.74, 6) is -0.0500. The number of carbonyl (C=O) groups is 1. The number of halogens is 1. The zero-order chi connectivity index (χ0) is 24.2. The van der Waals surface area contributed by atoms with Crippen LogP contribution in [0.5, 0.6) is 5.88 Å². The number of benzene rings is 1. The van der Waals surface area contributed by atoms with E-state index in [1.54, 1.807) is 23.2 Å². The molecule has 0 bridgehead atoms. The number of carbonyl (C=O) groups excluding carboxylic acids is 1. The Bertz CT molecular complexity index is 1040. The average Bonchev–Trinajstić information content (AvgIpc) is 3.37. The SMILES string of the molecule is C[C@@H]1CN([C@H](C)CO)C(=O)c2cc(C3=CCCC3)cnc2O[C@H]1CN(C)Cc1ccc(F)cc1. The van der Waals surface area contributed by atoms with Crippen LogP contribution in [0.4, 0.5) is 4.39 Å². The first-order valence-corrected chi connectivity index (χ1v) is 12.1. The Hall–Kier alpha value is -2.77. The molecule has 0 fully saturated rings. The smallest absolute Gasteiger partial charge is 0.259 e. The second-order valence-electron chi connectivity index (χ2n) is 9.64. The Kier molecular flexibility index (Phi) is 7.63. The Morgan fingerprint density at radius 2 is 2.09 bits per heavy atom. The second-order valence-corrected chi connectivity index (χ2v) is 9.64. The van der Waals surface area contributed by atoms with Gasteiger partial charge in [-0.05, 0) is 68.1 Å². The van der Waals surface area contributed by atoms with Gasteiger partial charge >= 0.3 is 0 Å². The standard InChI is InChI=1S/C27H34FN3O3/c1-18-14-31(19(2)17-32)27(33)24-12-22(21-6-4-5-7-21)13-29-26(24)34-25(18)16-30(3)15-20-8-10-23(28)11-9-20/h6,8-13,18-19,25,32H,4-5,7,14-17H2,1-3H3/t18-,19-,25+/m1/s1. The van der Waals surface area contributed by atoms with Crippen LogP contribution in [0.3, 0.4) is 0 Å². The molecule has 1 aliphatic carbocycles. The van der Waals surface area contributed by atoms with Crippen molar-refractivity contribution >= 4 is 11.5 Å². The van der Waals surface area contributed by atoms with Crippen molar-refractivity contribution < 1.29 is 19.0 Å². The molecule has 4 rings (SSSR count). The lowest BCUT2D eigenvalue weighted by Crippen LogP contribution is -2.49. The molecule has 34 heavy (non-hydrogen) atoms. The van der Waals surface area contributed by atoms with Crippen LogP contribution in [0.15, 0.2) is 42.6 Å². The molecule has 0 spiro atoms. The number of hydrogen-bond acceptors (Lipinski definition) is 5. The Morgan fingerprint density at radius 3 is 2.76 bits per heavy atom. The van der Waals surface area contributed by atoms with E-state index in [1.807, 2.05) is 20.0 Å². The van der Waals surface area contributed by atoms with E-state index in [4.69, 9.17) is 4.74 Å². The fraction of sp³-hybridized carbons (Fsp3) is 0.481. The van der Waals surface area contributed by atoms with Gasteiger partial charge in [-0.2, -0.15) is 0 Å². The van der Waals surface area contributed by atoms with Gasteiger partial charge in [-0.15, -0.1) is 0 Å². The van der Waals surface area contributed by atoms with E-state index in [0.29, 0.717) is 31.1 Å². The molecular formula is C27H34FN3O3. The summed E-state index contributed by atoms with van der Waals surface area (Å²) in [6.07, 6.45) is 6.94. The number of pyridine rings is 1. The molecule has 0 saturated carbocycles. The van der Waals surface area contributed by atoms with E-state index in [2.05, 4.69) is 22.9 Å². The number of fused-ring (bicyclic) bond motifs is 1. The summed E-state index contributed by atoms with van der Waals surface area (Å²) < 4.78 is 19.7. The van der Waals surface area contributed by atoms with Crippen molar-refractivity contribution in [2.45, 2.75) is 51.8 Å². The molecule has 0 saturated heterocycles. The Labute approximate surface area is 201 Å². The molecule has 1 amide bonds. The van der Waals surface area contributed by atoms with Crippen LogP contribution in [-0.4, -0.2) is 64.7 Å². The number of rotatable bonds is 7.